The van der Waals surface area contributed by atoms with Gasteiger partial charge in [-0.1, -0.05) is 5.16 Å². The third-order valence-corrected chi connectivity index (χ3v) is 1.96. The minimum atomic E-state index is -0.668. The maximum Gasteiger partial charge on any atom is 0.169 e. The molecule has 0 bridgehead atoms. The van der Waals surface area contributed by atoms with Gasteiger partial charge in [0.15, 0.2) is 17.3 Å². The molecule has 1 N–H and O–H groups in total. The fourth-order valence-corrected chi connectivity index (χ4v) is 1.22. The van der Waals surface area contributed by atoms with Gasteiger partial charge in [0.2, 0.25) is 0 Å². The summed E-state index contributed by atoms with van der Waals surface area (Å²) in [6.07, 6.45) is 1.56. The fourth-order valence-electron chi connectivity index (χ4n) is 1.22. The summed E-state index contributed by atoms with van der Waals surface area (Å²) in [5.74, 6) is -0.520. The zero-order chi connectivity index (χ0) is 10.1. The molecule has 1 aromatic carbocycles. The molecule has 2 rings (SSSR count). The lowest BCUT2D eigenvalue weighted by molar-refractivity contribution is 0.426. The highest BCUT2D eigenvalue weighted by Gasteiger charge is 2.09. The molecule has 0 fully saturated rings. The molecule has 0 saturated heterocycles. The molecule has 0 saturated carbocycles. The van der Waals surface area contributed by atoms with Crippen LogP contribution >= 0.6 is 0 Å². The molecule has 1 heterocycles. The van der Waals surface area contributed by atoms with Crippen molar-refractivity contribution in [2.24, 2.45) is 0 Å². The Morgan fingerprint density at radius 2 is 2.21 bits per heavy atom. The Hall–Kier alpha value is -1.84. The van der Waals surface area contributed by atoms with E-state index < -0.39 is 5.82 Å². The van der Waals surface area contributed by atoms with Crippen LogP contribution in [0.25, 0.3) is 11.3 Å². The molecule has 0 aliphatic heterocycles. The van der Waals surface area contributed by atoms with Crippen molar-refractivity contribution >= 4 is 0 Å². The van der Waals surface area contributed by atoms with E-state index in [1.807, 2.05) is 6.92 Å². The third kappa shape index (κ3) is 1.35. The van der Waals surface area contributed by atoms with Crippen molar-refractivity contribution in [3.05, 3.63) is 35.8 Å². The predicted molar refractivity (Wildman–Crippen MR) is 48.3 cm³/mol. The Balaban J connectivity index is 2.53. The summed E-state index contributed by atoms with van der Waals surface area (Å²) in [6, 6.07) is 4.07. The zero-order valence-electron chi connectivity index (χ0n) is 7.49. The summed E-state index contributed by atoms with van der Waals surface area (Å²) in [5.41, 5.74) is 1.39. The van der Waals surface area contributed by atoms with E-state index in [9.17, 15) is 4.39 Å². The lowest BCUT2D eigenvalue weighted by Gasteiger charge is -1.99. The van der Waals surface area contributed by atoms with Gasteiger partial charge in [0, 0.05) is 11.1 Å². The lowest BCUT2D eigenvalue weighted by Crippen LogP contribution is -1.81. The second-order valence-corrected chi connectivity index (χ2v) is 3.00. The van der Waals surface area contributed by atoms with E-state index in [2.05, 4.69) is 5.16 Å². The van der Waals surface area contributed by atoms with E-state index in [1.165, 1.54) is 12.1 Å². The van der Waals surface area contributed by atoms with Crippen LogP contribution in [0, 0.1) is 12.7 Å². The molecule has 0 amide bonds. The minimum Gasteiger partial charge on any atom is -0.505 e. The SMILES string of the molecule is Cc1cnoc1-c1ccc(O)c(F)c1. The summed E-state index contributed by atoms with van der Waals surface area (Å²) in [6.45, 7) is 1.82. The first-order valence-corrected chi connectivity index (χ1v) is 4.08. The van der Waals surface area contributed by atoms with Crippen LogP contribution < -0.4 is 0 Å². The van der Waals surface area contributed by atoms with Crippen molar-refractivity contribution in [1.29, 1.82) is 0 Å². The number of halogens is 1. The monoisotopic (exact) mass is 193 g/mol. The molecule has 3 nitrogen and oxygen atoms in total. The predicted octanol–water partition coefficient (Wildman–Crippen LogP) is 2.49. The summed E-state index contributed by atoms with van der Waals surface area (Å²) in [5, 5.41) is 12.6. The van der Waals surface area contributed by atoms with Crippen LogP contribution in [-0.2, 0) is 0 Å². The molecule has 1 aromatic heterocycles. The average Bonchev–Trinajstić information content (AvgIpc) is 2.57. The fraction of sp³-hybridized carbons (Fsp3) is 0.100. The number of aryl methyl sites for hydroxylation is 1. The number of benzene rings is 1. The van der Waals surface area contributed by atoms with Gasteiger partial charge in [-0.05, 0) is 25.1 Å². The van der Waals surface area contributed by atoms with Gasteiger partial charge in [-0.15, -0.1) is 0 Å². The molecule has 0 spiro atoms. The van der Waals surface area contributed by atoms with Crippen molar-refractivity contribution in [2.45, 2.75) is 6.92 Å². The first-order valence-electron chi connectivity index (χ1n) is 4.08. The molecule has 0 aliphatic rings. The molecule has 0 radical (unpaired) electrons. The van der Waals surface area contributed by atoms with E-state index in [0.29, 0.717) is 11.3 Å². The highest BCUT2D eigenvalue weighted by atomic mass is 19.1. The average molecular weight is 193 g/mol. The summed E-state index contributed by atoms with van der Waals surface area (Å²) >= 11 is 0. The van der Waals surface area contributed by atoms with Crippen molar-refractivity contribution in [3.63, 3.8) is 0 Å². The maximum absolute atomic E-state index is 13.0. The number of phenolic OH excluding ortho intramolecular Hbond substituents is 1. The number of hydrogen-bond acceptors (Lipinski definition) is 3. The molecular formula is C10H8FNO2. The molecule has 14 heavy (non-hydrogen) atoms. The van der Waals surface area contributed by atoms with Gasteiger partial charge in [-0.2, -0.15) is 0 Å². The first-order chi connectivity index (χ1) is 6.68. The lowest BCUT2D eigenvalue weighted by atomic mass is 10.1. The summed E-state index contributed by atoms with van der Waals surface area (Å²) < 4.78 is 17.9. The number of rotatable bonds is 1. The minimum absolute atomic E-state index is 0.370. The van der Waals surface area contributed by atoms with Crippen molar-refractivity contribution in [2.75, 3.05) is 0 Å². The molecule has 0 aliphatic carbocycles. The normalized spacial score (nSPS) is 10.4. The van der Waals surface area contributed by atoms with Gasteiger partial charge in [-0.3, -0.25) is 0 Å². The number of hydrogen-bond donors (Lipinski definition) is 1. The van der Waals surface area contributed by atoms with Crippen LogP contribution in [0.3, 0.4) is 0 Å². The van der Waals surface area contributed by atoms with Crippen LogP contribution in [0.5, 0.6) is 5.75 Å². The molecule has 2 aromatic rings. The van der Waals surface area contributed by atoms with Gasteiger partial charge in [0.05, 0.1) is 6.20 Å². The standard InChI is InChI=1S/C10H8FNO2/c1-6-5-12-14-10(6)7-2-3-9(13)8(11)4-7/h2-5,13H,1H3. The summed E-state index contributed by atoms with van der Waals surface area (Å²) in [7, 11) is 0. The Kier molecular flexibility index (Phi) is 1.96. The quantitative estimate of drug-likeness (QED) is 0.756. The highest BCUT2D eigenvalue weighted by molar-refractivity contribution is 5.61. The van der Waals surface area contributed by atoms with E-state index in [-0.39, 0.29) is 5.75 Å². The van der Waals surface area contributed by atoms with E-state index >= 15 is 0 Å². The summed E-state index contributed by atoms with van der Waals surface area (Å²) in [4.78, 5) is 0. The smallest absolute Gasteiger partial charge is 0.169 e. The van der Waals surface area contributed by atoms with E-state index in [0.717, 1.165) is 5.56 Å². The molecular weight excluding hydrogens is 185 g/mol. The van der Waals surface area contributed by atoms with Crippen molar-refractivity contribution < 1.29 is 14.0 Å². The van der Waals surface area contributed by atoms with E-state index in [4.69, 9.17) is 9.63 Å². The molecule has 4 heteroatoms. The number of phenols is 1. The zero-order valence-corrected chi connectivity index (χ0v) is 7.49. The van der Waals surface area contributed by atoms with Crippen LogP contribution in [0.2, 0.25) is 0 Å². The molecule has 0 atom stereocenters. The largest absolute Gasteiger partial charge is 0.505 e. The first kappa shape index (κ1) is 8.74. The van der Waals surface area contributed by atoms with Crippen molar-refractivity contribution in [3.8, 4) is 17.1 Å². The van der Waals surface area contributed by atoms with Crippen LogP contribution in [0.15, 0.2) is 28.9 Å². The van der Waals surface area contributed by atoms with Gasteiger partial charge in [-0.25, -0.2) is 4.39 Å². The number of aromatic hydroxyl groups is 1. The Labute approximate surface area is 79.8 Å². The Morgan fingerprint density at radius 1 is 1.43 bits per heavy atom. The van der Waals surface area contributed by atoms with Gasteiger partial charge in [0.1, 0.15) is 0 Å². The van der Waals surface area contributed by atoms with Crippen LogP contribution in [0.4, 0.5) is 4.39 Å². The maximum atomic E-state index is 13.0. The Morgan fingerprint density at radius 3 is 2.79 bits per heavy atom. The van der Waals surface area contributed by atoms with E-state index in [1.54, 1.807) is 12.3 Å². The highest BCUT2D eigenvalue weighted by Crippen LogP contribution is 2.26. The second-order valence-electron chi connectivity index (χ2n) is 3.00. The van der Waals surface area contributed by atoms with Gasteiger partial charge in [0.25, 0.3) is 0 Å². The topological polar surface area (TPSA) is 46.3 Å². The second kappa shape index (κ2) is 3.14. The van der Waals surface area contributed by atoms with Gasteiger partial charge >= 0.3 is 0 Å². The third-order valence-electron chi connectivity index (χ3n) is 1.96. The molecule has 72 valence electrons. The number of nitrogens with zero attached hydrogens (tertiary/aromatic N) is 1. The number of aromatic nitrogens is 1. The van der Waals surface area contributed by atoms with Crippen LogP contribution in [0.1, 0.15) is 5.56 Å². The Bertz CT molecular complexity index is 465. The van der Waals surface area contributed by atoms with Gasteiger partial charge < -0.3 is 9.63 Å². The molecule has 0 unspecified atom stereocenters. The van der Waals surface area contributed by atoms with Crippen molar-refractivity contribution in [1.82, 2.24) is 5.16 Å². The van der Waals surface area contributed by atoms with Crippen LogP contribution in [-0.4, -0.2) is 10.3 Å².